The molecule has 0 aromatic carbocycles. The number of nitrogens with one attached hydrogen (secondary N) is 3. The smallest absolute Gasteiger partial charge is 0.321 e. The van der Waals surface area contributed by atoms with Crippen LogP contribution in [0.1, 0.15) is 33.1 Å². The average molecular weight is 213 g/mol. The molecule has 0 aromatic rings. The van der Waals surface area contributed by atoms with E-state index in [1.54, 1.807) is 13.8 Å². The lowest BCUT2D eigenvalue weighted by atomic mass is 9.92. The molecular formula is C10H19N3O2. The van der Waals surface area contributed by atoms with Crippen molar-refractivity contribution in [2.45, 2.75) is 45.2 Å². The Kier molecular flexibility index (Phi) is 4.55. The SMILES string of the molecule is CCNC(=O)NC(=O)C(C)NC1CCC1. The van der Waals surface area contributed by atoms with Gasteiger partial charge >= 0.3 is 6.03 Å². The Hall–Kier alpha value is -1.10. The zero-order chi connectivity index (χ0) is 11.3. The van der Waals surface area contributed by atoms with E-state index in [1.165, 1.54) is 6.42 Å². The predicted molar refractivity (Wildman–Crippen MR) is 57.5 cm³/mol. The maximum absolute atomic E-state index is 11.5. The molecule has 0 heterocycles. The summed E-state index contributed by atoms with van der Waals surface area (Å²) >= 11 is 0. The summed E-state index contributed by atoms with van der Waals surface area (Å²) in [5.41, 5.74) is 0. The van der Waals surface area contributed by atoms with Crippen LogP contribution in [-0.2, 0) is 4.79 Å². The van der Waals surface area contributed by atoms with Gasteiger partial charge in [-0.05, 0) is 26.7 Å². The molecule has 0 aromatic heterocycles. The topological polar surface area (TPSA) is 70.2 Å². The minimum Gasteiger partial charge on any atom is -0.338 e. The van der Waals surface area contributed by atoms with Crippen molar-refractivity contribution in [3.05, 3.63) is 0 Å². The van der Waals surface area contributed by atoms with E-state index in [0.717, 1.165) is 12.8 Å². The molecule has 1 atom stereocenters. The second kappa shape index (κ2) is 5.70. The van der Waals surface area contributed by atoms with Crippen LogP contribution < -0.4 is 16.0 Å². The highest BCUT2D eigenvalue weighted by Crippen LogP contribution is 2.18. The average Bonchev–Trinajstić information content (AvgIpc) is 2.11. The van der Waals surface area contributed by atoms with E-state index < -0.39 is 6.03 Å². The van der Waals surface area contributed by atoms with Crippen LogP contribution in [0, 0.1) is 0 Å². The van der Waals surface area contributed by atoms with Gasteiger partial charge in [-0.25, -0.2) is 4.79 Å². The van der Waals surface area contributed by atoms with E-state index in [1.807, 2.05) is 0 Å². The Morgan fingerprint density at radius 2 is 2.07 bits per heavy atom. The second-order valence-corrected chi connectivity index (χ2v) is 3.86. The van der Waals surface area contributed by atoms with Crippen molar-refractivity contribution in [2.24, 2.45) is 0 Å². The van der Waals surface area contributed by atoms with Crippen LogP contribution in [0.25, 0.3) is 0 Å². The van der Waals surface area contributed by atoms with Gasteiger partial charge in [0, 0.05) is 12.6 Å². The van der Waals surface area contributed by atoms with Crippen molar-refractivity contribution in [3.63, 3.8) is 0 Å². The Morgan fingerprint density at radius 3 is 2.53 bits per heavy atom. The van der Waals surface area contributed by atoms with Gasteiger partial charge in [-0.1, -0.05) is 6.42 Å². The highest BCUT2D eigenvalue weighted by molar-refractivity contribution is 5.96. The molecule has 1 aliphatic rings. The van der Waals surface area contributed by atoms with Gasteiger partial charge in [0.2, 0.25) is 5.91 Å². The highest BCUT2D eigenvalue weighted by atomic mass is 16.2. The van der Waals surface area contributed by atoms with Crippen LogP contribution in [0.5, 0.6) is 0 Å². The Morgan fingerprint density at radius 1 is 1.40 bits per heavy atom. The molecule has 3 amide bonds. The molecule has 1 aliphatic carbocycles. The molecule has 15 heavy (non-hydrogen) atoms. The van der Waals surface area contributed by atoms with Gasteiger partial charge in [0.25, 0.3) is 0 Å². The van der Waals surface area contributed by atoms with Crippen LogP contribution in [0.2, 0.25) is 0 Å². The van der Waals surface area contributed by atoms with Gasteiger partial charge in [-0.15, -0.1) is 0 Å². The quantitative estimate of drug-likeness (QED) is 0.631. The van der Waals surface area contributed by atoms with Crippen molar-refractivity contribution in [1.29, 1.82) is 0 Å². The van der Waals surface area contributed by atoms with E-state index in [9.17, 15) is 9.59 Å². The fraction of sp³-hybridized carbons (Fsp3) is 0.800. The van der Waals surface area contributed by atoms with Crippen molar-refractivity contribution in [3.8, 4) is 0 Å². The molecule has 3 N–H and O–H groups in total. The minimum absolute atomic E-state index is 0.271. The standard InChI is InChI=1S/C10H19N3O2/c1-3-11-10(15)13-9(14)7(2)12-8-5-4-6-8/h7-8,12H,3-6H2,1-2H3,(H2,11,13,14,15). The fourth-order valence-electron chi connectivity index (χ4n) is 1.43. The summed E-state index contributed by atoms with van der Waals surface area (Å²) in [7, 11) is 0. The molecule has 5 nitrogen and oxygen atoms in total. The third-order valence-corrected chi connectivity index (χ3v) is 2.56. The van der Waals surface area contributed by atoms with Crippen molar-refractivity contribution in [2.75, 3.05) is 6.54 Å². The summed E-state index contributed by atoms with van der Waals surface area (Å²) in [6.07, 6.45) is 3.47. The molecule has 1 saturated carbocycles. The number of rotatable bonds is 4. The molecule has 1 fully saturated rings. The van der Waals surface area contributed by atoms with E-state index in [-0.39, 0.29) is 11.9 Å². The second-order valence-electron chi connectivity index (χ2n) is 3.86. The lowest BCUT2D eigenvalue weighted by Crippen LogP contribution is -2.51. The maximum atomic E-state index is 11.5. The van der Waals surface area contributed by atoms with Crippen LogP contribution in [0.3, 0.4) is 0 Å². The molecule has 0 aliphatic heterocycles. The third-order valence-electron chi connectivity index (χ3n) is 2.56. The van der Waals surface area contributed by atoms with Crippen LogP contribution >= 0.6 is 0 Å². The zero-order valence-corrected chi connectivity index (χ0v) is 9.30. The number of amides is 3. The zero-order valence-electron chi connectivity index (χ0n) is 9.30. The molecule has 0 spiro atoms. The van der Waals surface area contributed by atoms with E-state index in [0.29, 0.717) is 12.6 Å². The number of hydrogen-bond donors (Lipinski definition) is 3. The van der Waals surface area contributed by atoms with Crippen LogP contribution in [0.15, 0.2) is 0 Å². The molecule has 1 rings (SSSR count). The molecule has 0 bridgehead atoms. The van der Waals surface area contributed by atoms with Gasteiger partial charge in [-0.2, -0.15) is 0 Å². The summed E-state index contributed by atoms with van der Waals surface area (Å²) in [5, 5.41) is 7.97. The number of imide groups is 1. The Bertz CT molecular complexity index is 239. The third kappa shape index (κ3) is 3.87. The summed E-state index contributed by atoms with van der Waals surface area (Å²) < 4.78 is 0. The first-order valence-corrected chi connectivity index (χ1v) is 5.48. The maximum Gasteiger partial charge on any atom is 0.321 e. The van der Waals surface area contributed by atoms with E-state index >= 15 is 0 Å². The first-order chi connectivity index (χ1) is 7.13. The van der Waals surface area contributed by atoms with E-state index in [4.69, 9.17) is 0 Å². The van der Waals surface area contributed by atoms with Gasteiger partial charge in [0.05, 0.1) is 6.04 Å². The molecule has 0 saturated heterocycles. The number of hydrogen-bond acceptors (Lipinski definition) is 3. The van der Waals surface area contributed by atoms with Gasteiger partial charge in [-0.3, -0.25) is 10.1 Å². The normalized spacial score (nSPS) is 17.7. The van der Waals surface area contributed by atoms with Crippen LogP contribution in [0.4, 0.5) is 4.79 Å². The molecule has 0 radical (unpaired) electrons. The summed E-state index contributed by atoms with van der Waals surface area (Å²) in [6, 6.07) is -0.289. The van der Waals surface area contributed by atoms with Gasteiger partial charge in [0.1, 0.15) is 0 Å². The summed E-state index contributed by atoms with van der Waals surface area (Å²) in [6.45, 7) is 4.09. The van der Waals surface area contributed by atoms with Gasteiger partial charge < -0.3 is 10.6 Å². The van der Waals surface area contributed by atoms with Crippen molar-refractivity contribution >= 4 is 11.9 Å². The Labute approximate surface area is 90.0 Å². The van der Waals surface area contributed by atoms with Crippen molar-refractivity contribution < 1.29 is 9.59 Å². The summed E-state index contributed by atoms with van der Waals surface area (Å²) in [4.78, 5) is 22.5. The highest BCUT2D eigenvalue weighted by Gasteiger charge is 2.23. The van der Waals surface area contributed by atoms with Crippen molar-refractivity contribution in [1.82, 2.24) is 16.0 Å². The number of carbonyl (C=O) groups is 2. The largest absolute Gasteiger partial charge is 0.338 e. The van der Waals surface area contributed by atoms with E-state index in [2.05, 4.69) is 16.0 Å². The fourth-order valence-corrected chi connectivity index (χ4v) is 1.43. The monoisotopic (exact) mass is 213 g/mol. The minimum atomic E-state index is -0.426. The molecule has 5 heteroatoms. The number of carbonyl (C=O) groups excluding carboxylic acids is 2. The summed E-state index contributed by atoms with van der Waals surface area (Å²) in [5.74, 6) is -0.271. The molecule has 86 valence electrons. The number of urea groups is 1. The van der Waals surface area contributed by atoms with Crippen LogP contribution in [-0.4, -0.2) is 30.6 Å². The molecule has 1 unspecified atom stereocenters. The first kappa shape index (κ1) is 12.0. The Balaban J connectivity index is 2.22. The lowest BCUT2D eigenvalue weighted by molar-refractivity contribution is -0.122. The predicted octanol–water partition coefficient (Wildman–Crippen LogP) is 0.363. The van der Waals surface area contributed by atoms with Gasteiger partial charge in [0.15, 0.2) is 0 Å². The lowest BCUT2D eigenvalue weighted by Gasteiger charge is -2.29. The first-order valence-electron chi connectivity index (χ1n) is 5.48. The molecular weight excluding hydrogens is 194 g/mol.